The molecule has 0 atom stereocenters. The van der Waals surface area contributed by atoms with Crippen molar-refractivity contribution >= 4 is 78.5 Å². The molecule has 0 N–H and O–H groups in total. The van der Waals surface area contributed by atoms with Crippen molar-refractivity contribution in [3.63, 3.8) is 0 Å². The van der Waals surface area contributed by atoms with Crippen molar-refractivity contribution in [3.8, 4) is 66.8 Å². The van der Waals surface area contributed by atoms with Gasteiger partial charge in [-0.1, -0.05) is 133 Å². The SMILES string of the molecule is [CH3][Sn]([c]1ccccc1)([c]1ccccc1)[c]1ccc(-c2ccc3ccc(-c4ccc(N(c5ccc(-c6ccc7ccc(-c8ccccc8)cc7c6)cc5)c5ccc(-c6ccc7ccc(-c8ccccc8)cc7c6)cc5)cc4)cc3c2)cc1. The molecular weight excluding hydrogens is 1080 g/mol. The first-order chi connectivity index (χ1) is 40.0. The van der Waals surface area contributed by atoms with Crippen molar-refractivity contribution < 1.29 is 0 Å². The van der Waals surface area contributed by atoms with Gasteiger partial charge in [-0.2, -0.15) is 0 Å². The van der Waals surface area contributed by atoms with Gasteiger partial charge in [0.1, 0.15) is 0 Å². The van der Waals surface area contributed by atoms with Crippen LogP contribution in [0.3, 0.4) is 0 Å². The van der Waals surface area contributed by atoms with E-state index < -0.39 is 18.4 Å². The predicted octanol–water partition coefficient (Wildman–Crippen LogP) is 19.7. The summed E-state index contributed by atoms with van der Waals surface area (Å²) in [6.45, 7) is 0. The van der Waals surface area contributed by atoms with Crippen LogP contribution in [0.25, 0.3) is 99.1 Å². The van der Waals surface area contributed by atoms with E-state index in [-0.39, 0.29) is 0 Å². The molecule has 0 unspecified atom stereocenters. The van der Waals surface area contributed by atoms with Crippen LogP contribution >= 0.6 is 0 Å². The van der Waals surface area contributed by atoms with E-state index in [0.717, 1.165) is 17.1 Å². The molecule has 0 bridgehead atoms. The number of fused-ring (bicyclic) bond motifs is 3. The van der Waals surface area contributed by atoms with Crippen molar-refractivity contribution in [2.24, 2.45) is 0 Å². The van der Waals surface area contributed by atoms with E-state index in [4.69, 9.17) is 0 Å². The van der Waals surface area contributed by atoms with Gasteiger partial charge in [0.2, 0.25) is 0 Å². The van der Waals surface area contributed by atoms with Crippen LogP contribution in [0.5, 0.6) is 0 Å². The second kappa shape index (κ2) is 21.6. The molecule has 14 rings (SSSR count). The normalized spacial score (nSPS) is 11.5. The summed E-state index contributed by atoms with van der Waals surface area (Å²) in [5.41, 5.74) is 17.7. The third-order valence-electron chi connectivity index (χ3n) is 16.6. The Bertz CT molecular complexity index is 4310. The summed E-state index contributed by atoms with van der Waals surface area (Å²) >= 11 is -3.19. The van der Waals surface area contributed by atoms with Gasteiger partial charge in [-0.05, 0) is 115 Å². The molecule has 0 aliphatic rings. The van der Waals surface area contributed by atoms with Crippen LogP contribution in [0.2, 0.25) is 4.94 Å². The minimum absolute atomic E-state index is 1.09. The van der Waals surface area contributed by atoms with E-state index in [1.165, 1.54) is 110 Å². The van der Waals surface area contributed by atoms with E-state index in [2.05, 4.69) is 337 Å². The number of hydrogen-bond donors (Lipinski definition) is 0. The third kappa shape index (κ3) is 9.92. The van der Waals surface area contributed by atoms with Gasteiger partial charge in [-0.15, -0.1) is 0 Å². The molecule has 0 radical (unpaired) electrons. The predicted molar refractivity (Wildman–Crippen MR) is 350 cm³/mol. The summed E-state index contributed by atoms with van der Waals surface area (Å²) < 4.78 is 4.45. The minimum atomic E-state index is -3.19. The van der Waals surface area contributed by atoms with Crippen molar-refractivity contribution in [3.05, 3.63) is 328 Å². The molecule has 382 valence electrons. The Hall–Kier alpha value is -9.54. The van der Waals surface area contributed by atoms with Crippen molar-refractivity contribution in [2.45, 2.75) is 4.94 Å². The second-order valence-electron chi connectivity index (χ2n) is 21.5. The molecule has 0 fully saturated rings. The third-order valence-corrected chi connectivity index (χ3v) is 29.4. The number of anilines is 3. The van der Waals surface area contributed by atoms with Crippen LogP contribution in [0.1, 0.15) is 0 Å². The zero-order chi connectivity index (χ0) is 54.1. The summed E-state index contributed by atoms with van der Waals surface area (Å²) in [7, 11) is 0. The standard InChI is InChI=1S/C66H44N.2C6H5.CH3.Sn/c1-4-10-46(11-5-1)55-22-16-52-19-25-58(43-61(52)40-55)49-28-34-64(35-29-49)67(65-36-30-50(31-37-65)59-26-20-53-17-23-56(41-62(53)44-59)47-12-6-2-7-13-47)66-38-32-51(33-39-66)60-27-21-54-18-24-57(42-63(54)45-60)48-14-8-3-9-15-48;2*1-2-4-6-5-3-1;;/h1-2,4-45H;2*1-5H;1H3;. The first kappa shape index (κ1) is 49.7. The second-order valence-corrected chi connectivity index (χ2v) is 32.8. The van der Waals surface area contributed by atoms with Crippen LogP contribution in [-0.4, -0.2) is 18.4 Å². The van der Waals surface area contributed by atoms with Crippen LogP contribution in [0, 0.1) is 0 Å². The van der Waals surface area contributed by atoms with Gasteiger partial charge in [-0.3, -0.25) is 0 Å². The molecular formula is C79H57NSn. The van der Waals surface area contributed by atoms with E-state index in [9.17, 15) is 0 Å². The molecule has 0 saturated carbocycles. The monoisotopic (exact) mass is 1140 g/mol. The summed E-state index contributed by atoms with van der Waals surface area (Å²) in [4.78, 5) is 4.92. The molecule has 0 saturated heterocycles. The fourth-order valence-electron chi connectivity index (χ4n) is 12.0. The molecule has 2 heteroatoms. The Labute approximate surface area is 479 Å². The van der Waals surface area contributed by atoms with E-state index >= 15 is 0 Å². The Balaban J connectivity index is 0.778. The number of hydrogen-bond acceptors (Lipinski definition) is 1. The van der Waals surface area contributed by atoms with E-state index in [1.54, 1.807) is 0 Å². The topological polar surface area (TPSA) is 3.24 Å². The molecule has 14 aromatic rings. The van der Waals surface area contributed by atoms with Crippen LogP contribution in [0.4, 0.5) is 17.1 Å². The Kier molecular flexibility index (Phi) is 13.3. The van der Waals surface area contributed by atoms with Gasteiger partial charge >= 0.3 is 213 Å². The summed E-state index contributed by atoms with van der Waals surface area (Å²) in [6, 6.07) is 121. The number of rotatable bonds is 12. The first-order valence-corrected chi connectivity index (χ1v) is 35.2. The Morgan fingerprint density at radius 3 is 0.667 bits per heavy atom. The first-order valence-electron chi connectivity index (χ1n) is 28.0. The maximum atomic E-state index is 2.55. The van der Waals surface area contributed by atoms with Crippen LogP contribution < -0.4 is 15.6 Å². The molecule has 0 aromatic heterocycles. The molecule has 0 amide bonds. The average molecular weight is 1140 g/mol. The number of benzene rings is 14. The van der Waals surface area contributed by atoms with E-state index in [1.807, 2.05) is 0 Å². The van der Waals surface area contributed by atoms with E-state index in [0.29, 0.717) is 0 Å². The van der Waals surface area contributed by atoms with Crippen molar-refractivity contribution in [1.29, 1.82) is 0 Å². The molecule has 0 aliphatic heterocycles. The van der Waals surface area contributed by atoms with Crippen LogP contribution in [0.15, 0.2) is 328 Å². The summed E-state index contributed by atoms with van der Waals surface area (Å²) in [5, 5.41) is 7.38. The quantitative estimate of drug-likeness (QED) is 0.110. The molecule has 0 aliphatic carbocycles. The van der Waals surface area contributed by atoms with Crippen molar-refractivity contribution in [2.75, 3.05) is 4.90 Å². The van der Waals surface area contributed by atoms with Gasteiger partial charge in [0.15, 0.2) is 0 Å². The number of nitrogens with zero attached hydrogens (tertiary/aromatic N) is 1. The Morgan fingerprint density at radius 2 is 0.395 bits per heavy atom. The molecule has 1 nitrogen and oxygen atoms in total. The molecule has 0 heterocycles. The van der Waals surface area contributed by atoms with Gasteiger partial charge < -0.3 is 4.90 Å². The van der Waals surface area contributed by atoms with Crippen molar-refractivity contribution in [1.82, 2.24) is 0 Å². The zero-order valence-corrected chi connectivity index (χ0v) is 48.0. The molecule has 0 spiro atoms. The zero-order valence-electron chi connectivity index (χ0n) is 45.1. The fourth-order valence-corrected chi connectivity index (χ4v) is 22.1. The van der Waals surface area contributed by atoms with Gasteiger partial charge in [0, 0.05) is 17.1 Å². The maximum absolute atomic E-state index is 3.19. The van der Waals surface area contributed by atoms with Gasteiger partial charge in [-0.25, -0.2) is 0 Å². The van der Waals surface area contributed by atoms with Gasteiger partial charge in [0.05, 0.1) is 0 Å². The summed E-state index contributed by atoms with van der Waals surface area (Å²) in [5.74, 6) is 0. The van der Waals surface area contributed by atoms with Crippen LogP contribution in [-0.2, 0) is 0 Å². The molecule has 81 heavy (non-hydrogen) atoms. The van der Waals surface area contributed by atoms with Gasteiger partial charge in [0.25, 0.3) is 0 Å². The summed E-state index contributed by atoms with van der Waals surface area (Å²) in [6.07, 6.45) is 0. The Morgan fingerprint density at radius 1 is 0.185 bits per heavy atom. The average Bonchev–Trinajstić information content (AvgIpc) is 3.61. The fraction of sp³-hybridized carbons (Fsp3) is 0.0127. The molecule has 14 aromatic carbocycles.